The molecule has 0 atom stereocenters. The topological polar surface area (TPSA) is 132 Å². The van der Waals surface area contributed by atoms with Crippen LogP contribution in [0.15, 0.2) is 18.2 Å². The normalized spacial score (nSPS) is 16.2. The molecule has 0 bridgehead atoms. The van der Waals surface area contributed by atoms with Crippen molar-refractivity contribution in [2.24, 2.45) is 11.1 Å². The lowest BCUT2D eigenvalue weighted by Crippen LogP contribution is -2.39. The lowest BCUT2D eigenvalue weighted by molar-refractivity contribution is -0.136. The van der Waals surface area contributed by atoms with E-state index >= 15 is 0 Å². The highest BCUT2D eigenvalue weighted by atomic mass is 16.2. The van der Waals surface area contributed by atoms with Crippen molar-refractivity contribution in [2.75, 3.05) is 50.0 Å². The number of hydrogen-bond acceptors (Lipinski definition) is 6. The van der Waals surface area contributed by atoms with Gasteiger partial charge in [-0.15, -0.1) is 0 Å². The van der Waals surface area contributed by atoms with Gasteiger partial charge in [-0.3, -0.25) is 14.4 Å². The first-order valence-corrected chi connectivity index (χ1v) is 11.7. The molecule has 33 heavy (non-hydrogen) atoms. The Hall–Kier alpha value is -2.96. The lowest BCUT2D eigenvalue weighted by atomic mass is 9.96. The van der Waals surface area contributed by atoms with E-state index in [1.807, 2.05) is 19.2 Å². The molecule has 0 radical (unpaired) electrons. The molecule has 1 aliphatic heterocycles. The smallest absolute Gasteiger partial charge is 0.313 e. The second-order valence-corrected chi connectivity index (χ2v) is 9.17. The zero-order valence-electron chi connectivity index (χ0n) is 19.4. The molecule has 1 saturated carbocycles. The van der Waals surface area contributed by atoms with E-state index in [2.05, 4.69) is 21.6 Å². The van der Waals surface area contributed by atoms with E-state index in [0.29, 0.717) is 44.6 Å². The summed E-state index contributed by atoms with van der Waals surface area (Å²) in [6, 6.07) is 7.60. The predicted octanol–water partition coefficient (Wildman–Crippen LogP) is 1.39. The maximum Gasteiger partial charge on any atom is 0.313 e. The van der Waals surface area contributed by atoms with E-state index in [1.54, 1.807) is 11.0 Å². The summed E-state index contributed by atoms with van der Waals surface area (Å²) in [6.45, 7) is 3.36. The van der Waals surface area contributed by atoms with E-state index in [9.17, 15) is 14.4 Å². The molecule has 1 aromatic carbocycles. The van der Waals surface area contributed by atoms with E-state index in [1.165, 1.54) is 0 Å². The third-order valence-electron chi connectivity index (χ3n) is 6.39. The highest BCUT2D eigenvalue weighted by Crippen LogP contribution is 2.50. The Bertz CT molecular complexity index is 921. The fourth-order valence-electron chi connectivity index (χ4n) is 4.17. The number of amides is 3. The van der Waals surface area contributed by atoms with Crippen molar-refractivity contribution >= 4 is 29.1 Å². The van der Waals surface area contributed by atoms with Gasteiger partial charge >= 0.3 is 11.8 Å². The van der Waals surface area contributed by atoms with Crippen LogP contribution in [0.5, 0.6) is 0 Å². The van der Waals surface area contributed by atoms with Crippen molar-refractivity contribution in [3.8, 4) is 6.07 Å². The second kappa shape index (κ2) is 11.3. The Morgan fingerprint density at radius 3 is 2.67 bits per heavy atom. The molecule has 178 valence electrons. The van der Waals surface area contributed by atoms with E-state index in [4.69, 9.17) is 11.0 Å². The highest BCUT2D eigenvalue weighted by molar-refractivity contribution is 6.39. The highest BCUT2D eigenvalue weighted by Gasteiger charge is 2.45. The number of nitrogens with one attached hydrogen (secondary N) is 2. The molecule has 4 N–H and O–H groups in total. The predicted molar refractivity (Wildman–Crippen MR) is 126 cm³/mol. The molecule has 9 nitrogen and oxygen atoms in total. The van der Waals surface area contributed by atoms with Crippen molar-refractivity contribution in [1.82, 2.24) is 10.2 Å². The standard InChI is InChI=1S/C24H34N6O3/c1-29(14-2-11-25)15-3-13-27-22(32)23(33)28-19-5-6-20-18(16-19)4-7-21(31)30(20)17-24(8-9-24)10-12-26/h5-6,16H,2-4,7-11,13-15,17,25H2,1H3,(H,27,32)(H,28,33). The number of hydrogen-bond donors (Lipinski definition) is 3. The summed E-state index contributed by atoms with van der Waals surface area (Å²) in [5.74, 6) is -1.31. The number of nitriles is 1. The van der Waals surface area contributed by atoms with Gasteiger partial charge in [0.2, 0.25) is 5.91 Å². The average Bonchev–Trinajstić information content (AvgIpc) is 3.56. The van der Waals surface area contributed by atoms with Crippen LogP contribution in [0.3, 0.4) is 0 Å². The van der Waals surface area contributed by atoms with Crippen LogP contribution in [0.4, 0.5) is 11.4 Å². The van der Waals surface area contributed by atoms with E-state index in [-0.39, 0.29) is 11.3 Å². The van der Waals surface area contributed by atoms with Gasteiger partial charge < -0.3 is 26.2 Å². The van der Waals surface area contributed by atoms with Crippen molar-refractivity contribution in [3.63, 3.8) is 0 Å². The maximum atomic E-state index is 12.5. The first-order valence-electron chi connectivity index (χ1n) is 11.7. The van der Waals surface area contributed by atoms with E-state index < -0.39 is 11.8 Å². The van der Waals surface area contributed by atoms with Crippen LogP contribution in [-0.2, 0) is 20.8 Å². The van der Waals surface area contributed by atoms with Crippen LogP contribution >= 0.6 is 0 Å². The molecule has 0 unspecified atom stereocenters. The van der Waals surface area contributed by atoms with Crippen LogP contribution < -0.4 is 21.3 Å². The Balaban J connectivity index is 1.52. The zero-order chi connectivity index (χ0) is 23.8. The number of carbonyl (C=O) groups is 3. The fraction of sp³-hybridized carbons (Fsp3) is 0.583. The minimum Gasteiger partial charge on any atom is -0.348 e. The molecule has 2 aliphatic rings. The molecule has 1 fully saturated rings. The van der Waals surface area contributed by atoms with Crippen LogP contribution in [0.2, 0.25) is 0 Å². The Morgan fingerprint density at radius 2 is 1.97 bits per heavy atom. The lowest BCUT2D eigenvalue weighted by Gasteiger charge is -2.32. The molecule has 0 saturated heterocycles. The summed E-state index contributed by atoms with van der Waals surface area (Å²) in [4.78, 5) is 40.9. The number of benzene rings is 1. The number of rotatable bonds is 11. The van der Waals surface area contributed by atoms with Gasteiger partial charge in [0.05, 0.1) is 6.07 Å². The SMILES string of the molecule is CN(CCCN)CCCNC(=O)C(=O)Nc1ccc2c(c1)CCC(=O)N2CC1(CC#N)CC1. The molecular formula is C24H34N6O3. The first-order chi connectivity index (χ1) is 15.9. The van der Waals surface area contributed by atoms with Crippen molar-refractivity contribution < 1.29 is 14.4 Å². The number of carbonyl (C=O) groups excluding carboxylic acids is 3. The van der Waals surface area contributed by atoms with Gasteiger partial charge in [0, 0.05) is 42.7 Å². The van der Waals surface area contributed by atoms with Gasteiger partial charge in [-0.1, -0.05) is 0 Å². The minimum absolute atomic E-state index is 0.0663. The summed E-state index contributed by atoms with van der Waals surface area (Å²) in [5.41, 5.74) is 7.74. The molecule has 9 heteroatoms. The van der Waals surface area contributed by atoms with Gasteiger partial charge in [-0.2, -0.15) is 5.26 Å². The van der Waals surface area contributed by atoms with Gasteiger partial charge in [0.1, 0.15) is 0 Å². The summed E-state index contributed by atoms with van der Waals surface area (Å²) < 4.78 is 0. The van der Waals surface area contributed by atoms with Crippen LogP contribution in [0, 0.1) is 16.7 Å². The van der Waals surface area contributed by atoms with Gasteiger partial charge in [0.25, 0.3) is 0 Å². The van der Waals surface area contributed by atoms with Crippen molar-refractivity contribution in [3.05, 3.63) is 23.8 Å². The second-order valence-electron chi connectivity index (χ2n) is 9.17. The third-order valence-corrected chi connectivity index (χ3v) is 6.39. The number of aryl methyl sites for hydroxylation is 1. The number of nitrogens with zero attached hydrogens (tertiary/aromatic N) is 3. The fourth-order valence-corrected chi connectivity index (χ4v) is 4.17. The quantitative estimate of drug-likeness (QED) is 0.342. The monoisotopic (exact) mass is 454 g/mol. The van der Waals surface area contributed by atoms with Gasteiger partial charge in [-0.05, 0) is 82.5 Å². The zero-order valence-corrected chi connectivity index (χ0v) is 19.4. The van der Waals surface area contributed by atoms with Gasteiger partial charge in [-0.25, -0.2) is 0 Å². The number of anilines is 2. The van der Waals surface area contributed by atoms with E-state index in [0.717, 1.165) is 50.0 Å². The molecule has 1 aromatic rings. The Labute approximate surface area is 195 Å². The molecule has 1 heterocycles. The van der Waals surface area contributed by atoms with Crippen LogP contribution in [-0.4, -0.2) is 62.4 Å². The van der Waals surface area contributed by atoms with Crippen LogP contribution in [0.25, 0.3) is 0 Å². The Kier molecular flexibility index (Phi) is 8.42. The summed E-state index contributed by atoms with van der Waals surface area (Å²) in [7, 11) is 2.00. The minimum atomic E-state index is -0.707. The maximum absolute atomic E-state index is 12.5. The van der Waals surface area contributed by atoms with Crippen LogP contribution in [0.1, 0.15) is 44.1 Å². The molecule has 0 spiro atoms. The van der Waals surface area contributed by atoms with Crippen molar-refractivity contribution in [2.45, 2.75) is 44.9 Å². The summed E-state index contributed by atoms with van der Waals surface area (Å²) >= 11 is 0. The third kappa shape index (κ3) is 6.76. The summed E-state index contributed by atoms with van der Waals surface area (Å²) in [5, 5.41) is 14.4. The number of nitrogens with two attached hydrogens (primary N) is 1. The number of fused-ring (bicyclic) bond motifs is 1. The average molecular weight is 455 g/mol. The largest absolute Gasteiger partial charge is 0.348 e. The molecule has 3 amide bonds. The Morgan fingerprint density at radius 1 is 1.21 bits per heavy atom. The molecule has 3 rings (SSSR count). The molecule has 0 aromatic heterocycles. The molecular weight excluding hydrogens is 420 g/mol. The van der Waals surface area contributed by atoms with Gasteiger partial charge in [0.15, 0.2) is 0 Å². The first kappa shape index (κ1) is 24.7. The summed E-state index contributed by atoms with van der Waals surface area (Å²) in [6.07, 6.45) is 5.05. The molecule has 1 aliphatic carbocycles. The van der Waals surface area contributed by atoms with Crippen molar-refractivity contribution in [1.29, 1.82) is 5.26 Å².